The standard InChI is InChI=1S/C11H20N2O2/c1-2-15-10-6-9(10)11(14)13-5-3-4-8(12)7-13/h8-10H,2-7,12H2,1H3. The van der Waals surface area contributed by atoms with E-state index in [4.69, 9.17) is 10.5 Å². The predicted molar refractivity (Wildman–Crippen MR) is 57.3 cm³/mol. The van der Waals surface area contributed by atoms with E-state index in [0.717, 1.165) is 32.4 Å². The van der Waals surface area contributed by atoms with Gasteiger partial charge in [0.25, 0.3) is 0 Å². The Labute approximate surface area is 90.8 Å². The molecule has 2 fully saturated rings. The number of likely N-dealkylation sites (tertiary alicyclic amines) is 1. The summed E-state index contributed by atoms with van der Waals surface area (Å²) in [5, 5.41) is 0. The molecule has 4 heteroatoms. The molecule has 1 heterocycles. The van der Waals surface area contributed by atoms with E-state index in [9.17, 15) is 4.79 Å². The van der Waals surface area contributed by atoms with Gasteiger partial charge in [0.1, 0.15) is 0 Å². The molecular weight excluding hydrogens is 192 g/mol. The molecule has 1 amide bonds. The third-order valence-corrected chi connectivity index (χ3v) is 3.20. The van der Waals surface area contributed by atoms with Crippen LogP contribution in [-0.4, -0.2) is 42.6 Å². The maximum Gasteiger partial charge on any atom is 0.228 e. The largest absolute Gasteiger partial charge is 0.378 e. The second-order valence-corrected chi connectivity index (χ2v) is 4.52. The van der Waals surface area contributed by atoms with Crippen LogP contribution in [0.15, 0.2) is 0 Å². The highest BCUT2D eigenvalue weighted by Gasteiger charge is 2.46. The smallest absolute Gasteiger partial charge is 0.228 e. The van der Waals surface area contributed by atoms with Crippen molar-refractivity contribution >= 4 is 5.91 Å². The molecule has 1 saturated heterocycles. The van der Waals surface area contributed by atoms with Gasteiger partial charge in [-0.2, -0.15) is 0 Å². The Morgan fingerprint density at radius 3 is 3.07 bits per heavy atom. The van der Waals surface area contributed by atoms with Crippen molar-refractivity contribution in [1.29, 1.82) is 0 Å². The van der Waals surface area contributed by atoms with Crippen molar-refractivity contribution in [3.63, 3.8) is 0 Å². The van der Waals surface area contributed by atoms with Gasteiger partial charge in [-0.1, -0.05) is 0 Å². The van der Waals surface area contributed by atoms with E-state index in [1.165, 1.54) is 0 Å². The number of hydrogen-bond acceptors (Lipinski definition) is 3. The topological polar surface area (TPSA) is 55.6 Å². The molecule has 2 N–H and O–H groups in total. The molecule has 4 nitrogen and oxygen atoms in total. The molecule has 0 bridgehead atoms. The number of piperidine rings is 1. The van der Waals surface area contributed by atoms with E-state index in [1.807, 2.05) is 11.8 Å². The average Bonchev–Trinajstić information content (AvgIpc) is 2.97. The molecular formula is C11H20N2O2. The molecule has 0 spiro atoms. The van der Waals surface area contributed by atoms with Gasteiger partial charge in [0.05, 0.1) is 12.0 Å². The lowest BCUT2D eigenvalue weighted by molar-refractivity contribution is -0.134. The molecule has 86 valence electrons. The Morgan fingerprint density at radius 1 is 1.60 bits per heavy atom. The van der Waals surface area contributed by atoms with Crippen LogP contribution >= 0.6 is 0 Å². The summed E-state index contributed by atoms with van der Waals surface area (Å²) >= 11 is 0. The highest BCUT2D eigenvalue weighted by molar-refractivity contribution is 5.82. The Morgan fingerprint density at radius 2 is 2.40 bits per heavy atom. The summed E-state index contributed by atoms with van der Waals surface area (Å²) in [6.45, 7) is 4.28. The second-order valence-electron chi connectivity index (χ2n) is 4.52. The molecule has 2 aliphatic rings. The number of nitrogens with two attached hydrogens (primary N) is 1. The fourth-order valence-electron chi connectivity index (χ4n) is 2.27. The molecule has 0 aromatic rings. The van der Waals surface area contributed by atoms with Crippen molar-refractivity contribution in [3.05, 3.63) is 0 Å². The summed E-state index contributed by atoms with van der Waals surface area (Å²) in [5.74, 6) is 0.374. The lowest BCUT2D eigenvalue weighted by Crippen LogP contribution is -2.46. The van der Waals surface area contributed by atoms with Crippen molar-refractivity contribution in [1.82, 2.24) is 4.90 Å². The van der Waals surface area contributed by atoms with E-state index in [1.54, 1.807) is 0 Å². The Hall–Kier alpha value is -0.610. The first kappa shape index (κ1) is 10.9. The van der Waals surface area contributed by atoms with Crippen LogP contribution in [0.4, 0.5) is 0 Å². The fraction of sp³-hybridized carbons (Fsp3) is 0.909. The maximum absolute atomic E-state index is 12.0. The number of hydrogen-bond donors (Lipinski definition) is 1. The third-order valence-electron chi connectivity index (χ3n) is 3.20. The van der Waals surface area contributed by atoms with Crippen molar-refractivity contribution in [2.45, 2.75) is 38.3 Å². The Balaban J connectivity index is 1.81. The normalized spacial score (nSPS) is 35.3. The lowest BCUT2D eigenvalue weighted by Gasteiger charge is -2.31. The van der Waals surface area contributed by atoms with Crippen molar-refractivity contribution < 1.29 is 9.53 Å². The maximum atomic E-state index is 12.0. The van der Waals surface area contributed by atoms with Crippen molar-refractivity contribution in [3.8, 4) is 0 Å². The molecule has 1 saturated carbocycles. The summed E-state index contributed by atoms with van der Waals surface area (Å²) in [7, 11) is 0. The predicted octanol–water partition coefficient (Wildman–Crippen LogP) is 0.361. The van der Waals surface area contributed by atoms with Gasteiger partial charge in [-0.25, -0.2) is 0 Å². The average molecular weight is 212 g/mol. The first-order chi connectivity index (χ1) is 7.22. The molecule has 3 atom stereocenters. The minimum Gasteiger partial charge on any atom is -0.378 e. The lowest BCUT2D eigenvalue weighted by atomic mass is 10.1. The molecule has 1 aliphatic heterocycles. The summed E-state index contributed by atoms with van der Waals surface area (Å²) in [6, 6.07) is 0.173. The van der Waals surface area contributed by atoms with Gasteiger partial charge in [-0.05, 0) is 26.2 Å². The zero-order valence-corrected chi connectivity index (χ0v) is 9.32. The van der Waals surface area contributed by atoms with Gasteiger partial charge >= 0.3 is 0 Å². The number of rotatable bonds is 3. The zero-order chi connectivity index (χ0) is 10.8. The highest BCUT2D eigenvalue weighted by atomic mass is 16.5. The van der Waals surface area contributed by atoms with Gasteiger partial charge in [0.2, 0.25) is 5.91 Å². The number of nitrogens with zero attached hydrogens (tertiary/aromatic N) is 1. The van der Waals surface area contributed by atoms with Gasteiger partial charge < -0.3 is 15.4 Å². The molecule has 0 radical (unpaired) electrons. The van der Waals surface area contributed by atoms with E-state index >= 15 is 0 Å². The molecule has 0 aromatic heterocycles. The van der Waals surface area contributed by atoms with Gasteiger partial charge in [-0.3, -0.25) is 4.79 Å². The van der Waals surface area contributed by atoms with Gasteiger partial charge in [-0.15, -0.1) is 0 Å². The van der Waals surface area contributed by atoms with Crippen LogP contribution in [-0.2, 0) is 9.53 Å². The van der Waals surface area contributed by atoms with Gasteiger partial charge in [0, 0.05) is 25.7 Å². The number of carbonyl (C=O) groups is 1. The van der Waals surface area contributed by atoms with Crippen LogP contribution in [0.25, 0.3) is 0 Å². The van der Waals surface area contributed by atoms with Crippen LogP contribution < -0.4 is 5.73 Å². The second kappa shape index (κ2) is 4.49. The number of amides is 1. The van der Waals surface area contributed by atoms with E-state index in [2.05, 4.69) is 0 Å². The van der Waals surface area contributed by atoms with Crippen molar-refractivity contribution in [2.75, 3.05) is 19.7 Å². The van der Waals surface area contributed by atoms with Crippen molar-refractivity contribution in [2.24, 2.45) is 11.7 Å². The zero-order valence-electron chi connectivity index (χ0n) is 9.32. The summed E-state index contributed by atoms with van der Waals surface area (Å²) in [5.41, 5.74) is 5.85. The summed E-state index contributed by atoms with van der Waals surface area (Å²) in [4.78, 5) is 13.9. The third kappa shape index (κ3) is 2.49. The Kier molecular flexibility index (Phi) is 3.26. The SMILES string of the molecule is CCOC1CC1C(=O)N1CCCC(N)C1. The summed E-state index contributed by atoms with van der Waals surface area (Å²) in [6.07, 6.45) is 3.17. The molecule has 1 aliphatic carbocycles. The van der Waals surface area contributed by atoms with Crippen LogP contribution in [0.1, 0.15) is 26.2 Å². The molecule has 15 heavy (non-hydrogen) atoms. The molecule has 3 unspecified atom stereocenters. The Bertz CT molecular complexity index is 245. The van der Waals surface area contributed by atoms with Gasteiger partial charge in [0.15, 0.2) is 0 Å². The highest BCUT2D eigenvalue weighted by Crippen LogP contribution is 2.35. The van der Waals surface area contributed by atoms with E-state index in [-0.39, 0.29) is 24.0 Å². The first-order valence-electron chi connectivity index (χ1n) is 5.88. The number of carbonyl (C=O) groups excluding carboxylic acids is 1. The minimum atomic E-state index is 0.121. The van der Waals surface area contributed by atoms with Crippen LogP contribution in [0.2, 0.25) is 0 Å². The molecule has 0 aromatic carbocycles. The first-order valence-corrected chi connectivity index (χ1v) is 5.88. The van der Waals surface area contributed by atoms with Crippen LogP contribution in [0.3, 0.4) is 0 Å². The number of ether oxygens (including phenoxy) is 1. The van der Waals surface area contributed by atoms with E-state index in [0.29, 0.717) is 6.61 Å². The summed E-state index contributed by atoms with van der Waals surface area (Å²) < 4.78 is 5.43. The van der Waals surface area contributed by atoms with Crippen LogP contribution in [0, 0.1) is 5.92 Å². The van der Waals surface area contributed by atoms with E-state index < -0.39 is 0 Å². The minimum absolute atomic E-state index is 0.121. The van der Waals surface area contributed by atoms with Crippen LogP contribution in [0.5, 0.6) is 0 Å². The quantitative estimate of drug-likeness (QED) is 0.735. The monoisotopic (exact) mass is 212 g/mol. The fourth-order valence-corrected chi connectivity index (χ4v) is 2.27. The molecule has 2 rings (SSSR count).